The van der Waals surface area contributed by atoms with Crippen molar-refractivity contribution in [3.63, 3.8) is 0 Å². The maximum absolute atomic E-state index is 3.45. The summed E-state index contributed by atoms with van der Waals surface area (Å²) in [6.45, 7) is 0. The van der Waals surface area contributed by atoms with Crippen LogP contribution in [-0.2, 0) is 0 Å². The molecular weight excluding hydrogens is 384 g/mol. The highest BCUT2D eigenvalue weighted by Gasteiger charge is 2.02. The Morgan fingerprint density at radius 3 is 1.50 bits per heavy atom. The van der Waals surface area contributed by atoms with Crippen molar-refractivity contribution in [2.45, 2.75) is 8.42 Å². The zero-order valence-electron chi connectivity index (χ0n) is 6.70. The van der Waals surface area contributed by atoms with Crippen molar-refractivity contribution >= 4 is 76.1 Å². The van der Waals surface area contributed by atoms with Crippen LogP contribution in [0, 0.1) is 0 Å². The summed E-state index contributed by atoms with van der Waals surface area (Å²) in [6, 6.07) is 8.43. The molecule has 0 radical (unpaired) electrons. The van der Waals surface area contributed by atoms with Gasteiger partial charge in [0.25, 0.3) is 0 Å². The summed E-state index contributed by atoms with van der Waals surface area (Å²) in [6.07, 6.45) is 0. The Morgan fingerprint density at radius 2 is 1.21 bits per heavy atom. The monoisotopic (exact) mass is 386 g/mol. The molecule has 0 amide bonds. The van der Waals surface area contributed by atoms with Crippen LogP contribution < -0.4 is 0 Å². The van der Waals surface area contributed by atoms with Gasteiger partial charge >= 0.3 is 0 Å². The van der Waals surface area contributed by atoms with E-state index in [-0.39, 0.29) is 0 Å². The smallest absolute Gasteiger partial charge is 0.0722 e. The van der Waals surface area contributed by atoms with Crippen LogP contribution >= 0.6 is 76.1 Å². The van der Waals surface area contributed by atoms with Crippen molar-refractivity contribution < 1.29 is 0 Å². The highest BCUT2D eigenvalue weighted by atomic mass is 79.9. The Labute approximate surface area is 115 Å². The highest BCUT2D eigenvalue weighted by molar-refractivity contribution is 9.11. The molecular formula is C8H4Br2S4. The van der Waals surface area contributed by atoms with E-state index in [1.54, 1.807) is 44.3 Å². The van der Waals surface area contributed by atoms with Crippen molar-refractivity contribution in [2.24, 2.45) is 0 Å². The van der Waals surface area contributed by atoms with Crippen molar-refractivity contribution in [1.29, 1.82) is 0 Å². The van der Waals surface area contributed by atoms with Crippen LogP contribution in [0.2, 0.25) is 0 Å². The molecule has 0 aliphatic heterocycles. The van der Waals surface area contributed by atoms with Crippen LogP contribution in [0.15, 0.2) is 40.3 Å². The van der Waals surface area contributed by atoms with Crippen molar-refractivity contribution in [3.8, 4) is 0 Å². The lowest BCUT2D eigenvalue weighted by Gasteiger charge is -1.92. The van der Waals surface area contributed by atoms with Gasteiger partial charge in [0.05, 0.1) is 16.0 Å². The minimum atomic E-state index is 1.19. The van der Waals surface area contributed by atoms with Gasteiger partial charge in [0.2, 0.25) is 0 Å². The van der Waals surface area contributed by atoms with Gasteiger partial charge in [-0.1, -0.05) is 0 Å². The average Bonchev–Trinajstić information content (AvgIpc) is 2.72. The summed E-state index contributed by atoms with van der Waals surface area (Å²) in [7, 11) is 3.60. The summed E-state index contributed by atoms with van der Waals surface area (Å²) in [5, 5.41) is 0. The largest absolute Gasteiger partial charge is 0.121 e. The number of hydrogen-bond donors (Lipinski definition) is 0. The van der Waals surface area contributed by atoms with E-state index in [4.69, 9.17) is 0 Å². The molecule has 0 saturated carbocycles. The second-order valence-corrected chi connectivity index (χ2v) is 9.94. The van der Waals surface area contributed by atoms with E-state index < -0.39 is 0 Å². The molecule has 0 N–H and O–H groups in total. The maximum atomic E-state index is 3.45. The Hall–Kier alpha value is 1.06. The molecule has 0 saturated heterocycles. The van der Waals surface area contributed by atoms with Gasteiger partial charge in [0.15, 0.2) is 0 Å². The molecule has 0 spiro atoms. The number of thiophene rings is 2. The number of halogens is 2. The van der Waals surface area contributed by atoms with Gasteiger partial charge in [-0.05, 0) is 77.7 Å². The Bertz CT molecular complexity index is 380. The van der Waals surface area contributed by atoms with Gasteiger partial charge in [-0.2, -0.15) is 0 Å². The van der Waals surface area contributed by atoms with Gasteiger partial charge in [0.1, 0.15) is 0 Å². The van der Waals surface area contributed by atoms with E-state index >= 15 is 0 Å². The molecule has 14 heavy (non-hydrogen) atoms. The molecule has 0 fully saturated rings. The third-order valence-electron chi connectivity index (χ3n) is 1.30. The third kappa shape index (κ3) is 3.28. The zero-order valence-corrected chi connectivity index (χ0v) is 13.1. The topological polar surface area (TPSA) is 0 Å². The molecule has 0 aliphatic rings. The van der Waals surface area contributed by atoms with Gasteiger partial charge < -0.3 is 0 Å². The van der Waals surface area contributed by atoms with Crippen molar-refractivity contribution in [2.75, 3.05) is 0 Å². The lowest BCUT2D eigenvalue weighted by molar-refractivity contribution is 1.74. The van der Waals surface area contributed by atoms with Crippen molar-refractivity contribution in [1.82, 2.24) is 0 Å². The van der Waals surface area contributed by atoms with E-state index in [2.05, 4.69) is 56.1 Å². The lowest BCUT2D eigenvalue weighted by Crippen LogP contribution is -1.51. The predicted molar refractivity (Wildman–Crippen MR) is 75.8 cm³/mol. The van der Waals surface area contributed by atoms with Crippen LogP contribution in [-0.4, -0.2) is 0 Å². The van der Waals surface area contributed by atoms with Crippen LogP contribution in [0.3, 0.4) is 0 Å². The Morgan fingerprint density at radius 1 is 0.786 bits per heavy atom. The van der Waals surface area contributed by atoms with Crippen LogP contribution in [0.5, 0.6) is 0 Å². The Balaban J connectivity index is 1.94. The molecule has 6 heteroatoms. The first kappa shape index (κ1) is 11.5. The van der Waals surface area contributed by atoms with Gasteiger partial charge in [-0.15, -0.1) is 22.7 Å². The molecule has 0 aromatic carbocycles. The quantitative estimate of drug-likeness (QED) is 0.580. The highest BCUT2D eigenvalue weighted by Crippen LogP contribution is 2.44. The van der Waals surface area contributed by atoms with E-state index in [0.29, 0.717) is 0 Å². The summed E-state index contributed by atoms with van der Waals surface area (Å²) >= 11 is 10.4. The molecule has 74 valence electrons. The SMILES string of the molecule is Brc1ccc(SSc2ccc(Br)s2)s1. The van der Waals surface area contributed by atoms with E-state index in [1.807, 2.05) is 0 Å². The summed E-state index contributed by atoms with van der Waals surface area (Å²) in [5.41, 5.74) is 0. The van der Waals surface area contributed by atoms with Gasteiger partial charge in [0, 0.05) is 0 Å². The van der Waals surface area contributed by atoms with Gasteiger partial charge in [-0.25, -0.2) is 0 Å². The molecule has 0 atom stereocenters. The van der Waals surface area contributed by atoms with E-state index in [1.165, 1.54) is 16.0 Å². The first-order valence-corrected chi connectivity index (χ1v) is 8.96. The fourth-order valence-electron chi connectivity index (χ4n) is 0.767. The summed E-state index contributed by atoms with van der Waals surface area (Å²) in [4.78, 5) is 0. The molecule has 2 aromatic rings. The summed E-state index contributed by atoms with van der Waals surface area (Å²) < 4.78 is 5.03. The normalized spacial score (nSPS) is 10.7. The molecule has 2 heterocycles. The van der Waals surface area contributed by atoms with Crippen LogP contribution in [0.1, 0.15) is 0 Å². The summed E-state index contributed by atoms with van der Waals surface area (Å²) in [5.74, 6) is 0. The predicted octanol–water partition coefficient (Wildman–Crippen LogP) is 6.13. The minimum Gasteiger partial charge on any atom is -0.121 e. The lowest BCUT2D eigenvalue weighted by atomic mass is 10.7. The average molecular weight is 388 g/mol. The van der Waals surface area contributed by atoms with E-state index in [9.17, 15) is 0 Å². The second kappa shape index (κ2) is 5.41. The Kier molecular flexibility index (Phi) is 4.46. The standard InChI is InChI=1S/C8H4Br2S4/c9-5-1-3-7(11-5)13-14-8-4-2-6(10)12-8/h1-4H. The first-order valence-electron chi connectivity index (χ1n) is 3.59. The fourth-order valence-corrected chi connectivity index (χ4v) is 6.92. The van der Waals surface area contributed by atoms with Crippen molar-refractivity contribution in [3.05, 3.63) is 31.8 Å². The number of rotatable bonds is 3. The van der Waals surface area contributed by atoms with Gasteiger partial charge in [-0.3, -0.25) is 0 Å². The molecule has 0 nitrogen and oxygen atoms in total. The minimum absolute atomic E-state index is 1.19. The molecule has 2 aromatic heterocycles. The molecule has 2 rings (SSSR count). The molecule has 0 unspecified atom stereocenters. The van der Waals surface area contributed by atoms with E-state index in [0.717, 1.165) is 0 Å². The fraction of sp³-hybridized carbons (Fsp3) is 0. The van der Waals surface area contributed by atoms with Crippen LogP contribution in [0.4, 0.5) is 0 Å². The molecule has 0 bridgehead atoms. The molecule has 0 aliphatic carbocycles. The maximum Gasteiger partial charge on any atom is 0.0722 e. The zero-order chi connectivity index (χ0) is 9.97. The second-order valence-electron chi connectivity index (χ2n) is 2.28. The first-order chi connectivity index (χ1) is 6.74. The third-order valence-corrected chi connectivity index (χ3v) is 7.78. The van der Waals surface area contributed by atoms with Crippen LogP contribution in [0.25, 0.3) is 0 Å². The number of hydrogen-bond acceptors (Lipinski definition) is 4.